The number of ether oxygens (including phenoxy) is 3. The van der Waals surface area contributed by atoms with Gasteiger partial charge in [-0.2, -0.15) is 0 Å². The Morgan fingerprint density at radius 3 is 2.45 bits per heavy atom. The van der Waals surface area contributed by atoms with Gasteiger partial charge < -0.3 is 35.1 Å². The van der Waals surface area contributed by atoms with Crippen LogP contribution in [-0.2, 0) is 61.3 Å². The minimum atomic E-state index is -4.00. The van der Waals surface area contributed by atoms with E-state index in [9.17, 15) is 46.4 Å². The van der Waals surface area contributed by atoms with Crippen LogP contribution in [0.3, 0.4) is 0 Å². The fourth-order valence-corrected chi connectivity index (χ4v) is 8.36. The van der Waals surface area contributed by atoms with Gasteiger partial charge in [-0.1, -0.05) is 18.2 Å². The number of hydrogen-bond donors (Lipinski definition) is 4. The van der Waals surface area contributed by atoms with E-state index in [0.29, 0.717) is 24.0 Å². The summed E-state index contributed by atoms with van der Waals surface area (Å²) < 4.78 is 57.9. The Kier molecular flexibility index (Phi) is 11.1. The number of carbonyl (C=O) groups is 7. The Morgan fingerprint density at radius 1 is 1.11 bits per heavy atom. The van der Waals surface area contributed by atoms with Crippen molar-refractivity contribution in [2.75, 3.05) is 13.1 Å². The first-order chi connectivity index (χ1) is 26.3. The fourth-order valence-electron chi connectivity index (χ4n) is 7.00. The SMILES string of the molecule is C=C[C@@H]1C[C@]1(NC(=O)[C@@H]1CC(OC(=O)N2Cc3cccc(F)c3C2)CN1C(=O)[C@H](CNC(=O)[C@@H]1CCC(=O)O1)NC(=O)OC(C)(C)C)C(=O)NS(=O)(=O)C1CC1. The maximum Gasteiger partial charge on any atom is 0.410 e. The van der Waals surface area contributed by atoms with Crippen molar-refractivity contribution in [3.8, 4) is 0 Å². The summed E-state index contributed by atoms with van der Waals surface area (Å²) in [5.74, 6) is -5.24. The molecule has 2 saturated heterocycles. The third-order valence-corrected chi connectivity index (χ3v) is 12.0. The first kappa shape index (κ1) is 40.4. The largest absolute Gasteiger partial charge is 0.452 e. The maximum absolute atomic E-state index is 14.4. The monoisotopic (exact) mass is 804 g/mol. The smallest absolute Gasteiger partial charge is 0.410 e. The molecule has 0 spiro atoms. The lowest BCUT2D eigenvalue weighted by Crippen LogP contribution is -2.60. The standard InChI is InChI=1S/C36H45FN6O12S/c1-5-20-14-36(20,32(48)41-56(51,52)22-9-10-22)40-29(45)26-13-21(53-34(50)42-16-19-7-6-8-24(37)23(19)18-42)17-43(26)31(47)25(39-33(49)55-35(2,3)4)15-38-30(46)27-11-12-28(44)54-27/h5-8,20-22,25-27H,1,9-18H2,2-4H3,(H,38,46)(H,39,49)(H,40,45)(H,41,48)/t20-,21?,25+,26+,27+,36-/m1/s1. The molecule has 2 saturated carbocycles. The zero-order chi connectivity index (χ0) is 40.7. The predicted octanol–water partition coefficient (Wildman–Crippen LogP) is 0.632. The number of benzene rings is 1. The number of nitrogens with one attached hydrogen (secondary N) is 4. The van der Waals surface area contributed by atoms with Crippen LogP contribution in [0.4, 0.5) is 14.0 Å². The maximum atomic E-state index is 14.4. The van der Waals surface area contributed by atoms with Crippen molar-refractivity contribution in [1.82, 2.24) is 30.5 Å². The first-order valence-corrected chi connectivity index (χ1v) is 19.8. The van der Waals surface area contributed by atoms with Crippen molar-refractivity contribution < 1.29 is 60.6 Å². The number of cyclic esters (lactones) is 1. The van der Waals surface area contributed by atoms with Crippen molar-refractivity contribution in [2.45, 2.75) is 113 Å². The molecule has 6 rings (SSSR count). The highest BCUT2D eigenvalue weighted by atomic mass is 32.2. The predicted molar refractivity (Wildman–Crippen MR) is 191 cm³/mol. The summed E-state index contributed by atoms with van der Waals surface area (Å²) in [5, 5.41) is 6.80. The Balaban J connectivity index is 1.23. The molecule has 1 unspecified atom stereocenters. The first-order valence-electron chi connectivity index (χ1n) is 18.3. The Hall–Kier alpha value is -5.27. The Bertz CT molecular complexity index is 1950. The molecule has 0 aromatic heterocycles. The average Bonchev–Trinajstić information content (AvgIpc) is 3.94. The molecule has 2 aliphatic carbocycles. The molecular weight excluding hydrogens is 759 g/mol. The number of fused-ring (bicyclic) bond motifs is 1. The van der Waals surface area contributed by atoms with Gasteiger partial charge in [-0.05, 0) is 51.7 Å². The van der Waals surface area contributed by atoms with Gasteiger partial charge >= 0.3 is 18.2 Å². The minimum Gasteiger partial charge on any atom is -0.452 e. The van der Waals surface area contributed by atoms with Gasteiger partial charge in [0.1, 0.15) is 35.1 Å². The number of hydrogen-bond acceptors (Lipinski definition) is 12. The zero-order valence-electron chi connectivity index (χ0n) is 31.1. The molecule has 1 aromatic carbocycles. The van der Waals surface area contributed by atoms with Crippen molar-refractivity contribution in [2.24, 2.45) is 5.92 Å². The van der Waals surface area contributed by atoms with Crippen LogP contribution in [0, 0.1) is 11.7 Å². The van der Waals surface area contributed by atoms with Crippen LogP contribution in [0.5, 0.6) is 0 Å². The van der Waals surface area contributed by atoms with Crippen LogP contribution in [0.15, 0.2) is 30.9 Å². The summed E-state index contributed by atoms with van der Waals surface area (Å²) in [6.07, 6.45) is -2.14. The summed E-state index contributed by atoms with van der Waals surface area (Å²) >= 11 is 0. The second-order valence-electron chi connectivity index (χ2n) is 15.6. The number of nitrogens with zero attached hydrogens (tertiary/aromatic N) is 2. The molecular formula is C36H45FN6O12S. The summed E-state index contributed by atoms with van der Waals surface area (Å²) in [4.78, 5) is 95.1. The van der Waals surface area contributed by atoms with Gasteiger partial charge in [0, 0.05) is 43.8 Å². The second kappa shape index (κ2) is 15.3. The van der Waals surface area contributed by atoms with Crippen LogP contribution in [0.1, 0.15) is 70.4 Å². The number of halogens is 1. The molecule has 56 heavy (non-hydrogen) atoms. The number of likely N-dealkylation sites (tertiary alicyclic amines) is 1. The zero-order valence-corrected chi connectivity index (χ0v) is 31.9. The highest BCUT2D eigenvalue weighted by molar-refractivity contribution is 7.91. The van der Waals surface area contributed by atoms with Gasteiger partial charge in [-0.15, -0.1) is 6.58 Å². The van der Waals surface area contributed by atoms with E-state index >= 15 is 0 Å². The van der Waals surface area contributed by atoms with E-state index in [1.807, 2.05) is 0 Å². The molecule has 20 heteroatoms. The summed E-state index contributed by atoms with van der Waals surface area (Å²) in [6, 6.07) is 1.44. The second-order valence-corrected chi connectivity index (χ2v) is 17.6. The molecule has 3 aliphatic heterocycles. The lowest BCUT2D eigenvalue weighted by Gasteiger charge is -2.30. The van der Waals surface area contributed by atoms with Crippen LogP contribution >= 0.6 is 0 Å². The fraction of sp³-hybridized carbons (Fsp3) is 0.583. The van der Waals surface area contributed by atoms with Gasteiger partial charge in [0.2, 0.25) is 21.8 Å². The van der Waals surface area contributed by atoms with Gasteiger partial charge in [0.15, 0.2) is 6.10 Å². The summed E-state index contributed by atoms with van der Waals surface area (Å²) in [7, 11) is -4.00. The van der Waals surface area contributed by atoms with E-state index < -0.39 is 117 Å². The number of carbonyl (C=O) groups excluding carboxylic acids is 7. The van der Waals surface area contributed by atoms with Gasteiger partial charge in [-0.25, -0.2) is 22.4 Å². The average molecular weight is 805 g/mol. The van der Waals surface area contributed by atoms with Crippen molar-refractivity contribution in [3.05, 3.63) is 47.8 Å². The van der Waals surface area contributed by atoms with E-state index in [-0.39, 0.29) is 38.8 Å². The van der Waals surface area contributed by atoms with Crippen LogP contribution in [-0.4, -0.2) is 114 Å². The third kappa shape index (κ3) is 8.89. The molecule has 5 aliphatic rings. The molecule has 1 aromatic rings. The van der Waals surface area contributed by atoms with Crippen LogP contribution < -0.4 is 20.7 Å². The van der Waals surface area contributed by atoms with Crippen molar-refractivity contribution >= 4 is 51.8 Å². The minimum absolute atomic E-state index is 0.0124. The van der Waals surface area contributed by atoms with Crippen LogP contribution in [0.2, 0.25) is 0 Å². The van der Waals surface area contributed by atoms with Gasteiger partial charge in [-0.3, -0.25) is 33.6 Å². The molecule has 6 atom stereocenters. The molecule has 4 fully saturated rings. The highest BCUT2D eigenvalue weighted by Crippen LogP contribution is 2.45. The number of amides is 6. The number of esters is 1. The van der Waals surface area contributed by atoms with Gasteiger partial charge in [0.25, 0.3) is 11.8 Å². The molecule has 4 N–H and O–H groups in total. The molecule has 18 nitrogen and oxygen atoms in total. The lowest BCUT2D eigenvalue weighted by atomic mass is 10.1. The van der Waals surface area contributed by atoms with E-state index in [2.05, 4.69) is 27.3 Å². The number of alkyl carbamates (subject to hydrolysis) is 1. The third-order valence-electron chi connectivity index (χ3n) is 10.2. The topological polar surface area (TPSA) is 236 Å². The van der Waals surface area contributed by atoms with E-state index in [0.717, 1.165) is 4.90 Å². The van der Waals surface area contributed by atoms with Gasteiger partial charge in [0.05, 0.1) is 18.3 Å². The Labute approximate surface area is 322 Å². The summed E-state index contributed by atoms with van der Waals surface area (Å²) in [6.45, 7) is 7.49. The summed E-state index contributed by atoms with van der Waals surface area (Å²) in [5.41, 5.74) is -1.80. The lowest BCUT2D eigenvalue weighted by molar-refractivity contribution is -0.148. The van der Waals surface area contributed by atoms with Crippen LogP contribution in [0.25, 0.3) is 0 Å². The highest BCUT2D eigenvalue weighted by Gasteiger charge is 2.62. The normalized spacial score (nSPS) is 26.0. The van der Waals surface area contributed by atoms with E-state index in [1.165, 1.54) is 23.1 Å². The quantitative estimate of drug-likeness (QED) is 0.129. The molecule has 3 heterocycles. The van der Waals surface area contributed by atoms with E-state index in [4.69, 9.17) is 14.2 Å². The van der Waals surface area contributed by atoms with Crippen molar-refractivity contribution in [3.63, 3.8) is 0 Å². The molecule has 0 bridgehead atoms. The molecule has 304 valence electrons. The number of rotatable bonds is 12. The molecule has 6 amide bonds. The Morgan fingerprint density at radius 2 is 1.84 bits per heavy atom. The van der Waals surface area contributed by atoms with E-state index in [1.54, 1.807) is 26.8 Å². The molecule has 0 radical (unpaired) electrons. The number of sulfonamides is 1. The van der Waals surface area contributed by atoms with Crippen molar-refractivity contribution in [1.29, 1.82) is 0 Å².